The van der Waals surface area contributed by atoms with E-state index >= 15 is 0 Å². The summed E-state index contributed by atoms with van der Waals surface area (Å²) in [5, 5.41) is 7.11. The fraction of sp³-hybridized carbons (Fsp3) is 0.467. The van der Waals surface area contributed by atoms with Gasteiger partial charge in [0.2, 0.25) is 0 Å². The highest BCUT2D eigenvalue weighted by atomic mass is 32.1. The van der Waals surface area contributed by atoms with E-state index in [2.05, 4.69) is 55.7 Å². The minimum Gasteiger partial charge on any atom is -0.377 e. The summed E-state index contributed by atoms with van der Waals surface area (Å²) in [6, 6.07) is 8.85. The zero-order chi connectivity index (χ0) is 13.0. The topological polar surface area (TPSA) is 21.3 Å². The van der Waals surface area contributed by atoms with Gasteiger partial charge in [-0.25, -0.2) is 0 Å². The van der Waals surface area contributed by atoms with Crippen molar-refractivity contribution in [2.75, 3.05) is 13.2 Å². The quantitative estimate of drug-likeness (QED) is 0.851. The maximum absolute atomic E-state index is 5.77. The van der Waals surface area contributed by atoms with E-state index in [4.69, 9.17) is 4.74 Å². The average Bonchev–Trinajstić information content (AvgIpc) is 2.78. The molecule has 1 N–H and O–H groups in total. The van der Waals surface area contributed by atoms with Gasteiger partial charge in [0.25, 0.3) is 0 Å². The number of benzene rings is 1. The molecule has 2 aromatic rings. The van der Waals surface area contributed by atoms with Gasteiger partial charge in [0, 0.05) is 4.70 Å². The number of likely N-dealkylation sites (N-methyl/N-ethyl adjacent to an activating group) is 1. The van der Waals surface area contributed by atoms with Gasteiger partial charge in [0.15, 0.2) is 0 Å². The molecule has 18 heavy (non-hydrogen) atoms. The summed E-state index contributed by atoms with van der Waals surface area (Å²) in [6.45, 7) is 7.98. The van der Waals surface area contributed by atoms with E-state index in [1.807, 2.05) is 0 Å². The second kappa shape index (κ2) is 6.32. The predicted molar refractivity (Wildman–Crippen MR) is 79.3 cm³/mol. The molecule has 1 aromatic heterocycles. The van der Waals surface area contributed by atoms with Crippen LogP contribution < -0.4 is 5.32 Å². The minimum atomic E-state index is 0.274. The number of ether oxygens (including phenoxy) is 1. The molecule has 0 spiro atoms. The van der Waals surface area contributed by atoms with Crippen LogP contribution in [0.25, 0.3) is 10.1 Å². The molecule has 3 heteroatoms. The molecule has 1 unspecified atom stereocenters. The van der Waals surface area contributed by atoms with E-state index < -0.39 is 0 Å². The Balaban J connectivity index is 2.24. The Hall–Kier alpha value is -0.900. The molecule has 0 radical (unpaired) electrons. The Morgan fingerprint density at radius 2 is 2.06 bits per heavy atom. The standard InChI is InChI=1S/C15H21NOS/c1-4-16-14(9-17-11(2)3)13-10-18-15-8-6-5-7-12(13)15/h5-8,10-11,14,16H,4,9H2,1-3H3. The summed E-state index contributed by atoms with van der Waals surface area (Å²) in [7, 11) is 0. The fourth-order valence-corrected chi connectivity index (χ4v) is 3.08. The smallest absolute Gasteiger partial charge is 0.0665 e. The largest absolute Gasteiger partial charge is 0.377 e. The minimum absolute atomic E-state index is 0.274. The van der Waals surface area contributed by atoms with Gasteiger partial charge in [-0.2, -0.15) is 0 Å². The molecule has 2 nitrogen and oxygen atoms in total. The highest BCUT2D eigenvalue weighted by Gasteiger charge is 2.15. The van der Waals surface area contributed by atoms with Crippen LogP contribution in [0.4, 0.5) is 0 Å². The molecule has 0 bridgehead atoms. The van der Waals surface area contributed by atoms with Crippen LogP contribution in [0, 0.1) is 0 Å². The summed E-state index contributed by atoms with van der Waals surface area (Å²) < 4.78 is 7.12. The van der Waals surface area contributed by atoms with Gasteiger partial charge in [-0.05, 0) is 42.8 Å². The molecule has 2 rings (SSSR count). The molecule has 1 aromatic carbocycles. The first-order valence-corrected chi connectivity index (χ1v) is 7.41. The lowest BCUT2D eigenvalue weighted by molar-refractivity contribution is 0.0617. The lowest BCUT2D eigenvalue weighted by Gasteiger charge is -2.19. The molecule has 0 aliphatic heterocycles. The normalized spacial score (nSPS) is 13.3. The van der Waals surface area contributed by atoms with Crippen LogP contribution in [0.5, 0.6) is 0 Å². The first-order chi connectivity index (χ1) is 8.72. The van der Waals surface area contributed by atoms with Gasteiger partial charge in [-0.1, -0.05) is 25.1 Å². The van der Waals surface area contributed by atoms with Crippen molar-refractivity contribution in [2.45, 2.75) is 32.9 Å². The highest BCUT2D eigenvalue weighted by molar-refractivity contribution is 7.17. The van der Waals surface area contributed by atoms with Crippen LogP contribution in [0.3, 0.4) is 0 Å². The van der Waals surface area contributed by atoms with Crippen LogP contribution in [0.2, 0.25) is 0 Å². The summed E-state index contributed by atoms with van der Waals surface area (Å²) in [5.41, 5.74) is 1.36. The number of rotatable bonds is 6. The lowest BCUT2D eigenvalue weighted by Crippen LogP contribution is -2.26. The zero-order valence-corrected chi connectivity index (χ0v) is 12.1. The average molecular weight is 263 g/mol. The molecule has 1 heterocycles. The Labute approximate surface area is 113 Å². The fourth-order valence-electron chi connectivity index (χ4n) is 2.06. The number of hydrogen-bond acceptors (Lipinski definition) is 3. The Kier molecular flexibility index (Phi) is 4.75. The first-order valence-electron chi connectivity index (χ1n) is 6.53. The van der Waals surface area contributed by atoms with Crippen molar-refractivity contribution in [3.8, 4) is 0 Å². The predicted octanol–water partition coefficient (Wildman–Crippen LogP) is 3.98. The van der Waals surface area contributed by atoms with Crippen molar-refractivity contribution < 1.29 is 4.74 Å². The summed E-state index contributed by atoms with van der Waals surface area (Å²) in [5.74, 6) is 0. The Morgan fingerprint density at radius 1 is 1.28 bits per heavy atom. The monoisotopic (exact) mass is 263 g/mol. The summed E-state index contributed by atoms with van der Waals surface area (Å²) >= 11 is 1.81. The first kappa shape index (κ1) is 13.5. The molecular formula is C15H21NOS. The van der Waals surface area contributed by atoms with Gasteiger partial charge < -0.3 is 10.1 Å². The number of thiophene rings is 1. The van der Waals surface area contributed by atoms with E-state index in [0.717, 1.165) is 13.2 Å². The van der Waals surface area contributed by atoms with Crippen LogP contribution in [0.15, 0.2) is 29.6 Å². The zero-order valence-electron chi connectivity index (χ0n) is 11.3. The number of fused-ring (bicyclic) bond motifs is 1. The van der Waals surface area contributed by atoms with Gasteiger partial charge >= 0.3 is 0 Å². The van der Waals surface area contributed by atoms with Crippen LogP contribution in [0.1, 0.15) is 32.4 Å². The number of hydrogen-bond donors (Lipinski definition) is 1. The SMILES string of the molecule is CCNC(COC(C)C)c1csc2ccccc12. The second-order valence-electron chi connectivity index (χ2n) is 4.68. The highest BCUT2D eigenvalue weighted by Crippen LogP contribution is 2.30. The van der Waals surface area contributed by atoms with E-state index in [-0.39, 0.29) is 12.1 Å². The van der Waals surface area contributed by atoms with Crippen molar-refractivity contribution in [1.29, 1.82) is 0 Å². The lowest BCUT2D eigenvalue weighted by atomic mass is 10.1. The van der Waals surface area contributed by atoms with Gasteiger partial charge in [0.05, 0.1) is 18.8 Å². The van der Waals surface area contributed by atoms with Crippen molar-refractivity contribution in [3.05, 3.63) is 35.2 Å². The molecule has 98 valence electrons. The van der Waals surface area contributed by atoms with Gasteiger partial charge in [-0.3, -0.25) is 0 Å². The molecule has 0 saturated carbocycles. The third-order valence-corrected chi connectivity index (χ3v) is 3.91. The third kappa shape index (κ3) is 3.10. The van der Waals surface area contributed by atoms with Crippen LogP contribution >= 0.6 is 11.3 Å². The van der Waals surface area contributed by atoms with Crippen LogP contribution in [-0.2, 0) is 4.74 Å². The second-order valence-corrected chi connectivity index (χ2v) is 5.59. The Morgan fingerprint density at radius 3 is 2.78 bits per heavy atom. The Bertz CT molecular complexity index is 492. The molecule has 0 fully saturated rings. The van der Waals surface area contributed by atoms with Gasteiger partial charge in [-0.15, -0.1) is 11.3 Å². The molecule has 0 saturated heterocycles. The molecule has 0 amide bonds. The van der Waals surface area contributed by atoms with E-state index in [1.165, 1.54) is 15.6 Å². The van der Waals surface area contributed by atoms with E-state index in [9.17, 15) is 0 Å². The van der Waals surface area contributed by atoms with Crippen molar-refractivity contribution in [3.63, 3.8) is 0 Å². The molecule has 0 aliphatic carbocycles. The third-order valence-electron chi connectivity index (χ3n) is 2.93. The summed E-state index contributed by atoms with van der Waals surface area (Å²) in [6.07, 6.45) is 0.274. The molecule has 0 aliphatic rings. The molecule has 1 atom stereocenters. The summed E-state index contributed by atoms with van der Waals surface area (Å²) in [4.78, 5) is 0. The van der Waals surface area contributed by atoms with Crippen molar-refractivity contribution in [2.24, 2.45) is 0 Å². The maximum Gasteiger partial charge on any atom is 0.0665 e. The van der Waals surface area contributed by atoms with Crippen molar-refractivity contribution >= 4 is 21.4 Å². The van der Waals surface area contributed by atoms with E-state index in [0.29, 0.717) is 0 Å². The van der Waals surface area contributed by atoms with Gasteiger partial charge in [0.1, 0.15) is 0 Å². The van der Waals surface area contributed by atoms with E-state index in [1.54, 1.807) is 11.3 Å². The number of nitrogens with one attached hydrogen (secondary N) is 1. The van der Waals surface area contributed by atoms with Crippen molar-refractivity contribution in [1.82, 2.24) is 5.32 Å². The van der Waals surface area contributed by atoms with Crippen LogP contribution in [-0.4, -0.2) is 19.3 Å². The molecular weight excluding hydrogens is 242 g/mol. The maximum atomic E-state index is 5.77.